The van der Waals surface area contributed by atoms with Gasteiger partial charge in [0, 0.05) is 6.54 Å². The van der Waals surface area contributed by atoms with E-state index in [2.05, 4.69) is 4.99 Å². The third-order valence-electron chi connectivity index (χ3n) is 5.39. The van der Waals surface area contributed by atoms with Crippen molar-refractivity contribution in [3.05, 3.63) is 119 Å². The highest BCUT2D eigenvalue weighted by Gasteiger charge is 2.30. The summed E-state index contributed by atoms with van der Waals surface area (Å²) in [6.45, 7) is 1.97. The molecule has 0 atom stereocenters. The summed E-state index contributed by atoms with van der Waals surface area (Å²) in [5.41, 5.74) is 1.08. The quantitative estimate of drug-likeness (QED) is 0.245. The van der Waals surface area contributed by atoms with E-state index in [0.29, 0.717) is 5.76 Å². The minimum absolute atomic E-state index is 0.0392. The van der Waals surface area contributed by atoms with Crippen LogP contribution in [0.2, 0.25) is 0 Å². The zero-order chi connectivity index (χ0) is 25.8. The average molecular weight is 513 g/mol. The maximum atomic E-state index is 13.4. The first-order chi connectivity index (χ1) is 17.1. The van der Waals surface area contributed by atoms with E-state index >= 15 is 0 Å². The SMILES string of the molecule is Cc1ccc(S(=O)(=O)N(Cc2ccccc2)Cc2ccc(C=Nc3cccc(C(F)(F)F)c3)o2)cc1. The molecular weight excluding hydrogens is 489 g/mol. The molecule has 0 bridgehead atoms. The summed E-state index contributed by atoms with van der Waals surface area (Å²) in [4.78, 5) is 4.23. The Balaban J connectivity index is 1.57. The number of aryl methyl sites for hydroxylation is 1. The molecule has 0 saturated heterocycles. The molecule has 1 aromatic heterocycles. The van der Waals surface area contributed by atoms with Crippen LogP contribution in [0, 0.1) is 6.92 Å². The number of aliphatic imine (C=N–C) groups is 1. The summed E-state index contributed by atoms with van der Waals surface area (Å²) in [5.74, 6) is 0.655. The Kier molecular flexibility index (Phi) is 7.42. The van der Waals surface area contributed by atoms with Crippen molar-refractivity contribution in [2.24, 2.45) is 4.99 Å². The lowest BCUT2D eigenvalue weighted by Crippen LogP contribution is -2.30. The normalized spacial score (nSPS) is 12.5. The van der Waals surface area contributed by atoms with E-state index in [-0.39, 0.29) is 29.4 Å². The first kappa shape index (κ1) is 25.4. The summed E-state index contributed by atoms with van der Waals surface area (Å²) in [7, 11) is -3.85. The van der Waals surface area contributed by atoms with E-state index in [1.165, 1.54) is 22.7 Å². The predicted molar refractivity (Wildman–Crippen MR) is 131 cm³/mol. The van der Waals surface area contributed by atoms with E-state index in [9.17, 15) is 21.6 Å². The molecule has 4 aromatic rings. The molecule has 186 valence electrons. The number of alkyl halides is 3. The molecule has 0 spiro atoms. The highest BCUT2D eigenvalue weighted by atomic mass is 32.2. The van der Waals surface area contributed by atoms with Crippen molar-refractivity contribution in [1.29, 1.82) is 0 Å². The Morgan fingerprint density at radius 3 is 2.31 bits per heavy atom. The molecule has 0 aliphatic heterocycles. The second-order valence-electron chi connectivity index (χ2n) is 8.18. The lowest BCUT2D eigenvalue weighted by atomic mass is 10.2. The number of benzene rings is 3. The monoisotopic (exact) mass is 512 g/mol. The van der Waals surface area contributed by atoms with Gasteiger partial charge in [0.2, 0.25) is 10.0 Å². The number of halogens is 3. The first-order valence-electron chi connectivity index (χ1n) is 11.0. The summed E-state index contributed by atoms with van der Waals surface area (Å²) < 4.78 is 72.7. The van der Waals surface area contributed by atoms with Gasteiger partial charge in [0.1, 0.15) is 11.5 Å². The van der Waals surface area contributed by atoms with Gasteiger partial charge >= 0.3 is 6.18 Å². The van der Waals surface area contributed by atoms with Crippen molar-refractivity contribution >= 4 is 21.9 Å². The number of hydrogen-bond donors (Lipinski definition) is 0. The van der Waals surface area contributed by atoms with E-state index in [1.807, 2.05) is 37.3 Å². The van der Waals surface area contributed by atoms with Gasteiger partial charge in [-0.15, -0.1) is 0 Å². The number of furan rings is 1. The molecule has 0 radical (unpaired) electrons. The van der Waals surface area contributed by atoms with Crippen LogP contribution in [0.5, 0.6) is 0 Å². The van der Waals surface area contributed by atoms with Crippen molar-refractivity contribution in [2.45, 2.75) is 31.1 Å². The molecule has 1 heterocycles. The van der Waals surface area contributed by atoms with E-state index in [0.717, 1.165) is 23.3 Å². The lowest BCUT2D eigenvalue weighted by molar-refractivity contribution is -0.137. The van der Waals surface area contributed by atoms with Gasteiger partial charge in [0.15, 0.2) is 0 Å². The van der Waals surface area contributed by atoms with Crippen molar-refractivity contribution in [1.82, 2.24) is 4.31 Å². The standard InChI is InChI=1S/C27H23F3N2O3S/c1-20-10-14-26(15-11-20)36(33,34)32(18-21-6-3-2-4-7-21)19-25-13-12-24(35-25)17-31-23-9-5-8-22(16-23)27(28,29)30/h2-17H,18-19H2,1H3. The fourth-order valence-corrected chi connectivity index (χ4v) is 4.89. The fourth-order valence-electron chi connectivity index (χ4n) is 3.50. The van der Waals surface area contributed by atoms with Gasteiger partial charge in [-0.2, -0.15) is 17.5 Å². The van der Waals surface area contributed by atoms with Gasteiger partial charge in [0.05, 0.1) is 28.9 Å². The highest BCUT2D eigenvalue weighted by Crippen LogP contribution is 2.31. The number of sulfonamides is 1. The molecule has 0 N–H and O–H groups in total. The molecule has 0 aliphatic carbocycles. The number of hydrogen-bond acceptors (Lipinski definition) is 4. The Morgan fingerprint density at radius 2 is 1.61 bits per heavy atom. The van der Waals surface area contributed by atoms with E-state index in [4.69, 9.17) is 4.42 Å². The zero-order valence-corrected chi connectivity index (χ0v) is 20.1. The van der Waals surface area contributed by atoms with Gasteiger partial charge in [-0.25, -0.2) is 8.42 Å². The van der Waals surface area contributed by atoms with Gasteiger partial charge in [0.25, 0.3) is 0 Å². The topological polar surface area (TPSA) is 62.9 Å². The smallest absolute Gasteiger partial charge is 0.416 e. The number of rotatable bonds is 8. The Morgan fingerprint density at radius 1 is 0.889 bits per heavy atom. The maximum absolute atomic E-state index is 13.4. The van der Waals surface area contributed by atoms with Gasteiger partial charge in [-0.3, -0.25) is 4.99 Å². The molecule has 0 amide bonds. The number of nitrogens with zero attached hydrogens (tertiary/aromatic N) is 2. The summed E-state index contributed by atoms with van der Waals surface area (Å²) in [6.07, 6.45) is -3.16. The summed E-state index contributed by atoms with van der Waals surface area (Å²) in [6, 6.07) is 23.7. The second kappa shape index (κ2) is 10.5. The third kappa shape index (κ3) is 6.30. The molecule has 36 heavy (non-hydrogen) atoms. The van der Waals surface area contributed by atoms with Crippen LogP contribution in [0.15, 0.2) is 105 Å². The van der Waals surface area contributed by atoms with Crippen LogP contribution in [0.4, 0.5) is 18.9 Å². The zero-order valence-electron chi connectivity index (χ0n) is 19.3. The Hall–Kier alpha value is -3.69. The van der Waals surface area contributed by atoms with Crippen molar-refractivity contribution in [3.8, 4) is 0 Å². The Labute approximate surface area is 207 Å². The van der Waals surface area contributed by atoms with Crippen molar-refractivity contribution in [3.63, 3.8) is 0 Å². The molecule has 4 rings (SSSR count). The lowest BCUT2D eigenvalue weighted by Gasteiger charge is -2.21. The van der Waals surface area contributed by atoms with Crippen LogP contribution in [0.3, 0.4) is 0 Å². The average Bonchev–Trinajstić information content (AvgIpc) is 3.30. The molecule has 0 fully saturated rings. The van der Waals surface area contributed by atoms with Crippen LogP contribution in [0.25, 0.3) is 0 Å². The molecule has 3 aromatic carbocycles. The van der Waals surface area contributed by atoms with Gasteiger partial charge < -0.3 is 4.42 Å². The minimum Gasteiger partial charge on any atom is -0.459 e. The first-order valence-corrected chi connectivity index (χ1v) is 12.5. The maximum Gasteiger partial charge on any atom is 0.416 e. The minimum atomic E-state index is -4.46. The van der Waals surface area contributed by atoms with E-state index < -0.39 is 21.8 Å². The summed E-state index contributed by atoms with van der Waals surface area (Å²) >= 11 is 0. The highest BCUT2D eigenvalue weighted by molar-refractivity contribution is 7.89. The van der Waals surface area contributed by atoms with Crippen molar-refractivity contribution < 1.29 is 26.0 Å². The third-order valence-corrected chi connectivity index (χ3v) is 7.20. The van der Waals surface area contributed by atoms with Crippen LogP contribution < -0.4 is 0 Å². The predicted octanol–water partition coefficient (Wildman–Crippen LogP) is 6.75. The molecule has 0 aliphatic rings. The molecule has 0 saturated carbocycles. The van der Waals surface area contributed by atoms with Gasteiger partial charge in [-0.05, 0) is 55.0 Å². The van der Waals surface area contributed by atoms with E-state index in [1.54, 1.807) is 36.4 Å². The largest absolute Gasteiger partial charge is 0.459 e. The molecule has 5 nitrogen and oxygen atoms in total. The van der Waals surface area contributed by atoms with Crippen LogP contribution in [0.1, 0.15) is 28.2 Å². The Bertz CT molecular complexity index is 1450. The van der Waals surface area contributed by atoms with Crippen LogP contribution in [-0.4, -0.2) is 18.9 Å². The van der Waals surface area contributed by atoms with Gasteiger partial charge in [-0.1, -0.05) is 54.1 Å². The van der Waals surface area contributed by atoms with Crippen LogP contribution >= 0.6 is 0 Å². The second-order valence-corrected chi connectivity index (χ2v) is 10.1. The fraction of sp³-hybridized carbons (Fsp3) is 0.148. The molecule has 0 unspecified atom stereocenters. The van der Waals surface area contributed by atoms with Crippen LogP contribution in [-0.2, 0) is 29.3 Å². The summed E-state index contributed by atoms with van der Waals surface area (Å²) in [5, 5.41) is 0. The molecule has 9 heteroatoms. The molecular formula is C27H23F3N2O3S. The van der Waals surface area contributed by atoms with Crippen molar-refractivity contribution in [2.75, 3.05) is 0 Å².